The standard InChI is InChI=1S/C14H17N3O5S/c1-9-14(11(3)22-15-9)23(20,21)16(4)10(2)12-6-5-7-13(8-12)17(18)19/h5-8,10H,1-4H3. The number of sulfonamides is 1. The summed E-state index contributed by atoms with van der Waals surface area (Å²) in [5.41, 5.74) is 0.718. The van der Waals surface area contributed by atoms with Gasteiger partial charge in [-0.3, -0.25) is 10.1 Å². The summed E-state index contributed by atoms with van der Waals surface area (Å²) in [5.74, 6) is 0.209. The minimum absolute atomic E-state index is 0.0253. The molecule has 9 heteroatoms. The quantitative estimate of drug-likeness (QED) is 0.612. The van der Waals surface area contributed by atoms with Crippen LogP contribution in [0.15, 0.2) is 33.7 Å². The van der Waals surface area contributed by atoms with Crippen molar-refractivity contribution < 1.29 is 17.9 Å². The highest BCUT2D eigenvalue weighted by Crippen LogP contribution is 2.30. The van der Waals surface area contributed by atoms with E-state index in [1.807, 2.05) is 0 Å². The molecule has 0 spiro atoms. The van der Waals surface area contributed by atoms with Crippen molar-refractivity contribution in [3.8, 4) is 0 Å². The van der Waals surface area contributed by atoms with E-state index in [1.54, 1.807) is 19.9 Å². The van der Waals surface area contributed by atoms with Crippen molar-refractivity contribution in [1.29, 1.82) is 0 Å². The molecule has 23 heavy (non-hydrogen) atoms. The summed E-state index contributed by atoms with van der Waals surface area (Å²) >= 11 is 0. The van der Waals surface area contributed by atoms with Gasteiger partial charge in [0.2, 0.25) is 10.0 Å². The van der Waals surface area contributed by atoms with Crippen molar-refractivity contribution in [2.24, 2.45) is 0 Å². The Hall–Kier alpha value is -2.26. The highest BCUT2D eigenvalue weighted by Gasteiger charge is 2.32. The van der Waals surface area contributed by atoms with Crippen molar-refractivity contribution in [3.63, 3.8) is 0 Å². The van der Waals surface area contributed by atoms with Gasteiger partial charge >= 0.3 is 0 Å². The first kappa shape index (κ1) is 17.1. The van der Waals surface area contributed by atoms with E-state index in [0.717, 1.165) is 4.31 Å². The topological polar surface area (TPSA) is 107 Å². The SMILES string of the molecule is Cc1noc(C)c1S(=O)(=O)N(C)C(C)c1cccc([N+](=O)[O-])c1. The van der Waals surface area contributed by atoms with Crippen LogP contribution >= 0.6 is 0 Å². The van der Waals surface area contributed by atoms with E-state index in [-0.39, 0.29) is 22.0 Å². The second-order valence-electron chi connectivity index (χ2n) is 5.20. The molecule has 0 radical (unpaired) electrons. The molecule has 0 bridgehead atoms. The zero-order valence-electron chi connectivity index (χ0n) is 13.2. The average molecular weight is 339 g/mol. The van der Waals surface area contributed by atoms with Crippen molar-refractivity contribution in [3.05, 3.63) is 51.4 Å². The van der Waals surface area contributed by atoms with E-state index in [4.69, 9.17) is 4.52 Å². The predicted molar refractivity (Wildman–Crippen MR) is 82.4 cm³/mol. The molecule has 1 aromatic heterocycles. The molecule has 8 nitrogen and oxygen atoms in total. The molecular weight excluding hydrogens is 322 g/mol. The van der Waals surface area contributed by atoms with Gasteiger partial charge in [-0.2, -0.15) is 4.31 Å². The highest BCUT2D eigenvalue weighted by atomic mass is 32.2. The number of nitro benzene ring substituents is 1. The molecule has 0 aliphatic rings. The first-order valence-electron chi connectivity index (χ1n) is 6.81. The van der Waals surface area contributed by atoms with Crippen molar-refractivity contribution in [2.75, 3.05) is 7.05 Å². The van der Waals surface area contributed by atoms with Gasteiger partial charge in [-0.1, -0.05) is 17.3 Å². The van der Waals surface area contributed by atoms with Crippen LogP contribution in [0.3, 0.4) is 0 Å². The molecule has 0 N–H and O–H groups in total. The molecule has 2 aromatic rings. The zero-order chi connectivity index (χ0) is 17.4. The van der Waals surface area contributed by atoms with Gasteiger partial charge in [-0.05, 0) is 26.3 Å². The Morgan fingerprint density at radius 3 is 2.52 bits per heavy atom. The van der Waals surface area contributed by atoms with Crippen molar-refractivity contribution >= 4 is 15.7 Å². The Morgan fingerprint density at radius 1 is 1.35 bits per heavy atom. The molecule has 1 atom stereocenters. The molecule has 0 saturated carbocycles. The fraction of sp³-hybridized carbons (Fsp3) is 0.357. The van der Waals surface area contributed by atoms with Gasteiger partial charge in [-0.25, -0.2) is 8.42 Å². The van der Waals surface area contributed by atoms with Gasteiger partial charge < -0.3 is 4.52 Å². The summed E-state index contributed by atoms with van der Waals surface area (Å²) in [4.78, 5) is 10.4. The first-order chi connectivity index (χ1) is 10.7. The third-order valence-electron chi connectivity index (χ3n) is 3.71. The minimum atomic E-state index is -3.83. The van der Waals surface area contributed by atoms with Crippen LogP contribution in [0.4, 0.5) is 5.69 Å². The zero-order valence-corrected chi connectivity index (χ0v) is 14.0. The van der Waals surface area contributed by atoms with E-state index >= 15 is 0 Å². The number of aryl methyl sites for hydroxylation is 2. The van der Waals surface area contributed by atoms with Crippen LogP contribution in [0.2, 0.25) is 0 Å². The average Bonchev–Trinajstić information content (AvgIpc) is 2.85. The molecule has 0 aliphatic carbocycles. The van der Waals surface area contributed by atoms with Gasteiger partial charge in [-0.15, -0.1) is 0 Å². The predicted octanol–water partition coefficient (Wildman–Crippen LogP) is 2.58. The van der Waals surface area contributed by atoms with E-state index < -0.39 is 21.0 Å². The van der Waals surface area contributed by atoms with E-state index in [0.29, 0.717) is 5.56 Å². The third-order valence-corrected chi connectivity index (χ3v) is 5.89. The summed E-state index contributed by atoms with van der Waals surface area (Å²) < 4.78 is 31.6. The smallest absolute Gasteiger partial charge is 0.269 e. The number of aromatic nitrogens is 1. The third kappa shape index (κ3) is 3.10. The van der Waals surface area contributed by atoms with Gasteiger partial charge in [0.05, 0.1) is 4.92 Å². The maximum absolute atomic E-state index is 12.8. The van der Waals surface area contributed by atoms with Crippen LogP contribution in [0, 0.1) is 24.0 Å². The summed E-state index contributed by atoms with van der Waals surface area (Å²) in [6, 6.07) is 5.31. The number of benzene rings is 1. The van der Waals surface area contributed by atoms with E-state index in [1.165, 1.54) is 32.2 Å². The summed E-state index contributed by atoms with van der Waals surface area (Å²) in [5, 5.41) is 14.5. The molecule has 1 aromatic carbocycles. The van der Waals surface area contributed by atoms with Gasteiger partial charge in [0.15, 0.2) is 5.76 Å². The Kier molecular flexibility index (Phi) is 4.53. The molecule has 0 aliphatic heterocycles. The van der Waals surface area contributed by atoms with Crippen LogP contribution in [0.25, 0.3) is 0 Å². The summed E-state index contributed by atoms with van der Waals surface area (Å²) in [6.45, 7) is 4.74. The molecule has 0 saturated heterocycles. The van der Waals surface area contributed by atoms with Gasteiger partial charge in [0.1, 0.15) is 10.6 Å². The molecule has 0 fully saturated rings. The Balaban J connectivity index is 2.41. The van der Waals surface area contributed by atoms with Crippen LogP contribution in [0.5, 0.6) is 0 Å². The van der Waals surface area contributed by atoms with Crippen LogP contribution in [-0.2, 0) is 10.0 Å². The van der Waals surface area contributed by atoms with Gasteiger partial charge in [0.25, 0.3) is 5.69 Å². The number of non-ortho nitro benzene ring substituents is 1. The molecule has 1 unspecified atom stereocenters. The summed E-state index contributed by atoms with van der Waals surface area (Å²) in [7, 11) is -2.41. The lowest BCUT2D eigenvalue weighted by atomic mass is 10.1. The fourth-order valence-corrected chi connectivity index (χ4v) is 3.94. The first-order valence-corrected chi connectivity index (χ1v) is 8.25. The van der Waals surface area contributed by atoms with Crippen molar-refractivity contribution in [2.45, 2.75) is 31.7 Å². The molecule has 1 heterocycles. The van der Waals surface area contributed by atoms with Crippen LogP contribution in [0.1, 0.15) is 30.0 Å². The lowest BCUT2D eigenvalue weighted by Gasteiger charge is -2.24. The van der Waals surface area contributed by atoms with Crippen LogP contribution in [-0.4, -0.2) is 29.9 Å². The number of hydrogen-bond donors (Lipinski definition) is 0. The number of hydrogen-bond acceptors (Lipinski definition) is 6. The maximum Gasteiger partial charge on any atom is 0.269 e. The Labute approximate surface area is 133 Å². The number of nitrogens with zero attached hydrogens (tertiary/aromatic N) is 3. The minimum Gasteiger partial charge on any atom is -0.360 e. The molecule has 124 valence electrons. The lowest BCUT2D eigenvalue weighted by molar-refractivity contribution is -0.384. The second-order valence-corrected chi connectivity index (χ2v) is 7.14. The van der Waals surface area contributed by atoms with Crippen molar-refractivity contribution in [1.82, 2.24) is 9.46 Å². The fourth-order valence-electron chi connectivity index (χ4n) is 2.30. The Morgan fingerprint density at radius 2 is 2.00 bits per heavy atom. The molecule has 2 rings (SSSR count). The van der Waals surface area contributed by atoms with E-state index in [2.05, 4.69) is 5.16 Å². The monoisotopic (exact) mass is 339 g/mol. The number of nitro groups is 1. The maximum atomic E-state index is 12.8. The largest absolute Gasteiger partial charge is 0.360 e. The lowest BCUT2D eigenvalue weighted by Crippen LogP contribution is -2.30. The summed E-state index contributed by atoms with van der Waals surface area (Å²) in [6.07, 6.45) is 0. The highest BCUT2D eigenvalue weighted by molar-refractivity contribution is 7.89. The number of rotatable bonds is 5. The second kappa shape index (κ2) is 6.09. The Bertz CT molecular complexity index is 824. The normalized spacial score (nSPS) is 13.3. The van der Waals surface area contributed by atoms with Crippen LogP contribution < -0.4 is 0 Å². The molecular formula is C14H17N3O5S. The van der Waals surface area contributed by atoms with Gasteiger partial charge in [0, 0.05) is 25.2 Å². The molecule has 0 amide bonds. The van der Waals surface area contributed by atoms with E-state index in [9.17, 15) is 18.5 Å².